The van der Waals surface area contributed by atoms with Gasteiger partial charge in [0.1, 0.15) is 5.88 Å². The van der Waals surface area contributed by atoms with Crippen molar-refractivity contribution < 1.29 is 4.79 Å². The Morgan fingerprint density at radius 3 is 2.68 bits per heavy atom. The van der Waals surface area contributed by atoms with Gasteiger partial charge < -0.3 is 5.32 Å². The van der Waals surface area contributed by atoms with Gasteiger partial charge in [-0.15, -0.1) is 22.9 Å². The Morgan fingerprint density at radius 2 is 2.11 bits per heavy atom. The Bertz CT molecular complexity index is 551. The lowest BCUT2D eigenvalue weighted by atomic mass is 10.1. The van der Waals surface area contributed by atoms with E-state index in [0.29, 0.717) is 6.54 Å². The first-order valence-electron chi connectivity index (χ1n) is 6.03. The lowest BCUT2D eigenvalue weighted by Gasteiger charge is -2.04. The molecule has 0 aliphatic heterocycles. The molecule has 100 valence electrons. The van der Waals surface area contributed by atoms with Crippen LogP contribution < -0.4 is 5.32 Å². The van der Waals surface area contributed by atoms with Gasteiger partial charge in [0.05, 0.1) is 10.7 Å². The zero-order valence-corrected chi connectivity index (χ0v) is 12.2. The van der Waals surface area contributed by atoms with Crippen LogP contribution in [0.1, 0.15) is 10.6 Å². The second-order valence-electron chi connectivity index (χ2n) is 4.18. The summed E-state index contributed by atoms with van der Waals surface area (Å²) in [4.78, 5) is 15.4. The number of carbonyl (C=O) groups excluding carboxylic acids is 1. The molecule has 1 aromatic heterocycles. The van der Waals surface area contributed by atoms with Gasteiger partial charge in [0, 0.05) is 17.5 Å². The van der Waals surface area contributed by atoms with Crippen LogP contribution in [0, 0.1) is 6.92 Å². The number of nitrogens with one attached hydrogen (secondary N) is 1. The molecule has 2 rings (SSSR count). The Morgan fingerprint density at radius 1 is 1.37 bits per heavy atom. The molecule has 0 unspecified atom stereocenters. The van der Waals surface area contributed by atoms with Crippen molar-refractivity contribution in [2.75, 3.05) is 12.4 Å². The van der Waals surface area contributed by atoms with Crippen LogP contribution in [0.15, 0.2) is 29.6 Å². The normalized spacial score (nSPS) is 10.4. The highest BCUT2D eigenvalue weighted by Gasteiger charge is 2.02. The highest BCUT2D eigenvalue weighted by molar-refractivity contribution is 7.09. The third kappa shape index (κ3) is 4.04. The molecule has 1 amide bonds. The second kappa shape index (κ2) is 6.68. The van der Waals surface area contributed by atoms with Gasteiger partial charge >= 0.3 is 0 Å². The molecular weight excluding hydrogens is 280 g/mol. The predicted octanol–water partition coefficient (Wildman–Crippen LogP) is 3.02. The summed E-state index contributed by atoms with van der Waals surface area (Å²) in [5.74, 6) is -0.112. The van der Waals surface area contributed by atoms with Gasteiger partial charge in [0.15, 0.2) is 0 Å². The van der Waals surface area contributed by atoms with E-state index in [-0.39, 0.29) is 11.8 Å². The zero-order valence-electron chi connectivity index (χ0n) is 10.6. The summed E-state index contributed by atoms with van der Waals surface area (Å²) in [6, 6.07) is 8.26. The summed E-state index contributed by atoms with van der Waals surface area (Å²) in [6.45, 7) is 2.61. The monoisotopic (exact) mass is 294 g/mol. The van der Waals surface area contributed by atoms with Gasteiger partial charge in [-0.1, -0.05) is 24.3 Å². The Kier molecular flexibility index (Phi) is 4.93. The molecule has 0 atom stereocenters. The number of nitrogens with zero attached hydrogens (tertiary/aromatic N) is 1. The van der Waals surface area contributed by atoms with Crippen LogP contribution in [-0.4, -0.2) is 23.3 Å². The van der Waals surface area contributed by atoms with Crippen molar-refractivity contribution in [3.63, 3.8) is 0 Å². The lowest BCUT2D eigenvalue weighted by molar-refractivity contribution is -0.118. The molecule has 0 bridgehead atoms. The van der Waals surface area contributed by atoms with Crippen LogP contribution in [0.5, 0.6) is 0 Å². The van der Waals surface area contributed by atoms with E-state index in [1.165, 1.54) is 5.56 Å². The highest BCUT2D eigenvalue weighted by Crippen LogP contribution is 2.21. The van der Waals surface area contributed by atoms with Crippen molar-refractivity contribution in [1.82, 2.24) is 10.3 Å². The van der Waals surface area contributed by atoms with Crippen molar-refractivity contribution in [2.45, 2.75) is 13.3 Å². The van der Waals surface area contributed by atoms with Gasteiger partial charge in [-0.25, -0.2) is 4.98 Å². The number of rotatable bonds is 5. The molecule has 3 nitrogen and oxygen atoms in total. The molecule has 0 radical (unpaired) electrons. The number of aryl methyl sites for hydroxylation is 1. The topological polar surface area (TPSA) is 42.0 Å². The maximum absolute atomic E-state index is 11.0. The van der Waals surface area contributed by atoms with E-state index in [1.54, 1.807) is 11.3 Å². The second-order valence-corrected chi connectivity index (χ2v) is 5.51. The molecule has 0 aliphatic carbocycles. The van der Waals surface area contributed by atoms with E-state index in [1.807, 2.05) is 6.92 Å². The molecule has 0 saturated carbocycles. The number of hydrogen-bond acceptors (Lipinski definition) is 3. The summed E-state index contributed by atoms with van der Waals surface area (Å²) < 4.78 is 0. The first-order valence-corrected chi connectivity index (χ1v) is 7.44. The van der Waals surface area contributed by atoms with E-state index < -0.39 is 0 Å². The molecule has 0 fully saturated rings. The van der Waals surface area contributed by atoms with Crippen LogP contribution in [-0.2, 0) is 11.2 Å². The summed E-state index contributed by atoms with van der Waals surface area (Å²) in [7, 11) is 0. The van der Waals surface area contributed by atoms with E-state index in [9.17, 15) is 4.79 Å². The molecule has 0 spiro atoms. The van der Waals surface area contributed by atoms with Crippen LogP contribution in [0.2, 0.25) is 0 Å². The summed E-state index contributed by atoms with van der Waals surface area (Å²) in [5.41, 5.74) is 3.33. The lowest BCUT2D eigenvalue weighted by Crippen LogP contribution is -2.26. The van der Waals surface area contributed by atoms with Gasteiger partial charge in [-0.05, 0) is 18.9 Å². The Hall–Kier alpha value is -1.39. The van der Waals surface area contributed by atoms with Crippen molar-refractivity contribution in [1.29, 1.82) is 0 Å². The van der Waals surface area contributed by atoms with E-state index in [0.717, 1.165) is 22.7 Å². The van der Waals surface area contributed by atoms with E-state index in [2.05, 4.69) is 39.9 Å². The molecule has 0 aliphatic rings. The third-order valence-electron chi connectivity index (χ3n) is 2.73. The standard InChI is InChI=1S/C14H15ClN2OS/c1-10-17-13(9-19-10)12-4-2-11(3-5-12)6-7-16-14(18)8-15/h2-5,9H,6-8H2,1H3,(H,16,18). The fourth-order valence-electron chi connectivity index (χ4n) is 1.73. The fourth-order valence-corrected chi connectivity index (χ4v) is 2.45. The van der Waals surface area contributed by atoms with Crippen molar-refractivity contribution >= 4 is 28.8 Å². The van der Waals surface area contributed by atoms with E-state index in [4.69, 9.17) is 11.6 Å². The Labute approximate surface area is 121 Å². The number of thiazole rings is 1. The molecule has 1 N–H and O–H groups in total. The summed E-state index contributed by atoms with van der Waals surface area (Å²) in [6.07, 6.45) is 0.805. The number of halogens is 1. The largest absolute Gasteiger partial charge is 0.355 e. The zero-order chi connectivity index (χ0) is 13.7. The maximum atomic E-state index is 11.0. The van der Waals surface area contributed by atoms with Crippen LogP contribution >= 0.6 is 22.9 Å². The molecule has 19 heavy (non-hydrogen) atoms. The molecule has 5 heteroatoms. The number of alkyl halides is 1. The summed E-state index contributed by atoms with van der Waals surface area (Å²) >= 11 is 7.06. The molecule has 2 aromatic rings. The van der Waals surface area contributed by atoms with Gasteiger partial charge in [0.25, 0.3) is 0 Å². The Balaban J connectivity index is 1.93. The van der Waals surface area contributed by atoms with Crippen molar-refractivity contribution in [2.24, 2.45) is 0 Å². The SMILES string of the molecule is Cc1nc(-c2ccc(CCNC(=O)CCl)cc2)cs1. The van der Waals surface area contributed by atoms with E-state index >= 15 is 0 Å². The van der Waals surface area contributed by atoms with Gasteiger partial charge in [-0.3, -0.25) is 4.79 Å². The average Bonchev–Trinajstić information content (AvgIpc) is 2.86. The molecular formula is C14H15ClN2OS. The van der Waals surface area contributed by atoms with Crippen molar-refractivity contribution in [3.05, 3.63) is 40.2 Å². The minimum Gasteiger partial charge on any atom is -0.355 e. The highest BCUT2D eigenvalue weighted by atomic mass is 35.5. The van der Waals surface area contributed by atoms with Crippen LogP contribution in [0.4, 0.5) is 0 Å². The first kappa shape index (κ1) is 14.0. The van der Waals surface area contributed by atoms with Crippen molar-refractivity contribution in [3.8, 4) is 11.3 Å². The maximum Gasteiger partial charge on any atom is 0.234 e. The minimum atomic E-state index is -0.128. The summed E-state index contributed by atoms with van der Waals surface area (Å²) in [5, 5.41) is 5.88. The fraction of sp³-hybridized carbons (Fsp3) is 0.286. The average molecular weight is 295 g/mol. The predicted molar refractivity (Wildman–Crippen MR) is 79.7 cm³/mol. The number of amides is 1. The minimum absolute atomic E-state index is 0.0160. The van der Waals surface area contributed by atoms with Crippen LogP contribution in [0.25, 0.3) is 11.3 Å². The number of hydrogen-bond donors (Lipinski definition) is 1. The molecule has 1 heterocycles. The van der Waals surface area contributed by atoms with Gasteiger partial charge in [0.2, 0.25) is 5.91 Å². The first-order chi connectivity index (χ1) is 9.19. The van der Waals surface area contributed by atoms with Gasteiger partial charge in [-0.2, -0.15) is 0 Å². The molecule has 1 aromatic carbocycles. The smallest absolute Gasteiger partial charge is 0.234 e. The van der Waals surface area contributed by atoms with Crippen LogP contribution in [0.3, 0.4) is 0 Å². The number of carbonyl (C=O) groups is 1. The molecule has 0 saturated heterocycles. The number of aromatic nitrogens is 1. The third-order valence-corrected chi connectivity index (χ3v) is 3.74. The number of benzene rings is 1. The quantitative estimate of drug-likeness (QED) is 0.861.